The van der Waals surface area contributed by atoms with Crippen molar-refractivity contribution >= 4 is 11.8 Å². The normalized spacial score (nSPS) is 31.0. The van der Waals surface area contributed by atoms with E-state index in [0.717, 1.165) is 12.0 Å². The van der Waals surface area contributed by atoms with Crippen LogP contribution in [0, 0.1) is 5.92 Å². The lowest BCUT2D eigenvalue weighted by molar-refractivity contribution is 0.482. The first-order valence-corrected chi connectivity index (χ1v) is 7.85. The second-order valence-corrected chi connectivity index (χ2v) is 6.42. The molecule has 1 aromatic rings. The summed E-state index contributed by atoms with van der Waals surface area (Å²) in [4.78, 5) is 1.49. The fourth-order valence-corrected chi connectivity index (χ4v) is 4.04. The van der Waals surface area contributed by atoms with Crippen molar-refractivity contribution in [1.82, 2.24) is 5.32 Å². The van der Waals surface area contributed by atoms with Crippen LogP contribution in [0.2, 0.25) is 0 Å². The molecule has 2 aliphatic rings. The zero-order chi connectivity index (χ0) is 11.7. The molecule has 1 fully saturated rings. The maximum absolute atomic E-state index is 3.87. The Hall–Kier alpha value is -0.470. The summed E-state index contributed by atoms with van der Waals surface area (Å²) >= 11 is 2.01. The van der Waals surface area contributed by atoms with E-state index in [1.807, 2.05) is 11.8 Å². The first kappa shape index (κ1) is 11.6. The second-order valence-electron chi connectivity index (χ2n) is 5.29. The smallest absolute Gasteiger partial charge is 0.0341 e. The van der Waals surface area contributed by atoms with Crippen LogP contribution in [0.5, 0.6) is 0 Å². The molecule has 1 aliphatic heterocycles. The van der Waals surface area contributed by atoms with E-state index in [1.54, 1.807) is 0 Å². The van der Waals surface area contributed by atoms with Gasteiger partial charge in [0.1, 0.15) is 0 Å². The highest BCUT2D eigenvalue weighted by molar-refractivity contribution is 7.99. The van der Waals surface area contributed by atoms with Crippen LogP contribution in [-0.4, -0.2) is 11.8 Å². The minimum absolute atomic E-state index is 0.610. The highest BCUT2D eigenvalue weighted by Crippen LogP contribution is 2.41. The lowest BCUT2D eigenvalue weighted by atomic mass is 10.0. The lowest BCUT2D eigenvalue weighted by Gasteiger charge is -2.26. The zero-order valence-corrected chi connectivity index (χ0v) is 11.3. The van der Waals surface area contributed by atoms with Gasteiger partial charge in [0, 0.05) is 17.0 Å². The van der Waals surface area contributed by atoms with E-state index in [-0.39, 0.29) is 0 Å². The number of hydrogen-bond donors (Lipinski definition) is 1. The lowest BCUT2D eigenvalue weighted by Crippen LogP contribution is -2.27. The number of benzene rings is 1. The number of thioether (sulfide) groups is 1. The maximum atomic E-state index is 3.87. The molecule has 1 heterocycles. The van der Waals surface area contributed by atoms with Crippen LogP contribution < -0.4 is 5.32 Å². The summed E-state index contributed by atoms with van der Waals surface area (Å²) in [6, 6.07) is 10.3. The van der Waals surface area contributed by atoms with Crippen LogP contribution in [0.1, 0.15) is 44.2 Å². The number of nitrogens with one attached hydrogen (secondary N) is 1. The Morgan fingerprint density at radius 1 is 1.35 bits per heavy atom. The third-order valence-corrected chi connectivity index (χ3v) is 5.08. The van der Waals surface area contributed by atoms with Gasteiger partial charge in [-0.3, -0.25) is 0 Å². The van der Waals surface area contributed by atoms with Crippen LogP contribution in [-0.2, 0) is 0 Å². The van der Waals surface area contributed by atoms with Crippen LogP contribution in [0.3, 0.4) is 0 Å². The van der Waals surface area contributed by atoms with Gasteiger partial charge < -0.3 is 5.32 Å². The van der Waals surface area contributed by atoms with Gasteiger partial charge in [-0.25, -0.2) is 0 Å². The summed E-state index contributed by atoms with van der Waals surface area (Å²) in [5.41, 5.74) is 1.53. The third-order valence-electron chi connectivity index (χ3n) is 3.96. The van der Waals surface area contributed by atoms with Gasteiger partial charge in [0.05, 0.1) is 0 Å². The number of fused-ring (bicyclic) bond motifs is 1. The molecule has 0 aromatic heterocycles. The van der Waals surface area contributed by atoms with E-state index in [9.17, 15) is 0 Å². The zero-order valence-electron chi connectivity index (χ0n) is 10.5. The predicted molar refractivity (Wildman–Crippen MR) is 74.5 cm³/mol. The molecule has 92 valence electrons. The van der Waals surface area contributed by atoms with E-state index in [2.05, 4.69) is 36.5 Å². The van der Waals surface area contributed by atoms with Gasteiger partial charge in [0.25, 0.3) is 0 Å². The molecule has 3 unspecified atom stereocenters. The molecule has 0 amide bonds. The van der Waals surface area contributed by atoms with E-state index in [4.69, 9.17) is 0 Å². The van der Waals surface area contributed by atoms with Crippen molar-refractivity contribution in [2.45, 2.75) is 49.6 Å². The summed E-state index contributed by atoms with van der Waals surface area (Å²) in [5, 5.41) is 3.87. The van der Waals surface area contributed by atoms with Crippen LogP contribution >= 0.6 is 11.8 Å². The van der Waals surface area contributed by atoms with E-state index < -0.39 is 0 Å². The molecule has 3 atom stereocenters. The van der Waals surface area contributed by atoms with E-state index >= 15 is 0 Å². The Morgan fingerprint density at radius 3 is 3.12 bits per heavy atom. The fraction of sp³-hybridized carbons (Fsp3) is 0.600. The molecule has 1 N–H and O–H groups in total. The van der Waals surface area contributed by atoms with Crippen molar-refractivity contribution in [3.63, 3.8) is 0 Å². The van der Waals surface area contributed by atoms with E-state index in [1.165, 1.54) is 41.9 Å². The maximum Gasteiger partial charge on any atom is 0.0341 e. The summed E-state index contributed by atoms with van der Waals surface area (Å²) < 4.78 is 0. The monoisotopic (exact) mass is 247 g/mol. The number of hydrogen-bond acceptors (Lipinski definition) is 2. The summed E-state index contributed by atoms with van der Waals surface area (Å²) in [6.07, 6.45) is 5.43. The van der Waals surface area contributed by atoms with Gasteiger partial charge >= 0.3 is 0 Å². The molecule has 1 aromatic carbocycles. The van der Waals surface area contributed by atoms with Crippen molar-refractivity contribution in [1.29, 1.82) is 0 Å². The molecule has 17 heavy (non-hydrogen) atoms. The topological polar surface area (TPSA) is 12.0 Å². The van der Waals surface area contributed by atoms with E-state index in [0.29, 0.717) is 6.04 Å². The van der Waals surface area contributed by atoms with Gasteiger partial charge in [-0.2, -0.15) is 0 Å². The molecule has 0 saturated heterocycles. The van der Waals surface area contributed by atoms with Crippen molar-refractivity contribution in [2.24, 2.45) is 5.92 Å². The second kappa shape index (κ2) is 5.03. The molecule has 1 aliphatic carbocycles. The van der Waals surface area contributed by atoms with Crippen molar-refractivity contribution in [3.8, 4) is 0 Å². The minimum atomic E-state index is 0.610. The quantitative estimate of drug-likeness (QED) is 0.863. The Balaban J connectivity index is 1.66. The Kier molecular flexibility index (Phi) is 3.44. The van der Waals surface area contributed by atoms with Crippen molar-refractivity contribution < 1.29 is 0 Å². The molecule has 0 bridgehead atoms. The van der Waals surface area contributed by atoms with Crippen molar-refractivity contribution in [3.05, 3.63) is 29.8 Å². The predicted octanol–water partition coefficient (Wildman–Crippen LogP) is 4.00. The molecule has 1 saturated carbocycles. The highest BCUT2D eigenvalue weighted by Gasteiger charge is 2.38. The number of rotatable bonds is 4. The van der Waals surface area contributed by atoms with Crippen LogP contribution in [0.25, 0.3) is 0 Å². The van der Waals surface area contributed by atoms with Gasteiger partial charge in [0.15, 0.2) is 0 Å². The Labute approximate surface area is 108 Å². The average Bonchev–Trinajstić information content (AvgIpc) is 3.08. The fourth-order valence-electron chi connectivity index (χ4n) is 2.92. The highest BCUT2D eigenvalue weighted by atomic mass is 32.2. The summed E-state index contributed by atoms with van der Waals surface area (Å²) in [7, 11) is 0. The molecule has 2 heteroatoms. The standard InChI is InChI=1S/C15H21NS/c1-2-5-11-10-14(11)16-13-8-9-17-15-7-4-3-6-12(13)15/h3-4,6-7,11,13-14,16H,2,5,8-10H2,1H3. The third kappa shape index (κ3) is 2.53. The van der Waals surface area contributed by atoms with Crippen LogP contribution in [0.15, 0.2) is 29.2 Å². The Morgan fingerprint density at radius 2 is 2.24 bits per heavy atom. The summed E-state index contributed by atoms with van der Waals surface area (Å²) in [6.45, 7) is 2.29. The van der Waals surface area contributed by atoms with Gasteiger partial charge in [-0.15, -0.1) is 11.8 Å². The first-order valence-electron chi connectivity index (χ1n) is 6.86. The average molecular weight is 247 g/mol. The molecular formula is C15H21NS. The van der Waals surface area contributed by atoms with Crippen LogP contribution in [0.4, 0.5) is 0 Å². The molecule has 1 nitrogen and oxygen atoms in total. The van der Waals surface area contributed by atoms with Gasteiger partial charge in [-0.1, -0.05) is 31.5 Å². The van der Waals surface area contributed by atoms with Gasteiger partial charge in [0.2, 0.25) is 0 Å². The SMILES string of the molecule is CCCC1CC1NC1CCSc2ccccc21. The van der Waals surface area contributed by atoms with Crippen molar-refractivity contribution in [2.75, 3.05) is 5.75 Å². The molecule has 3 rings (SSSR count). The largest absolute Gasteiger partial charge is 0.307 e. The molecule has 0 radical (unpaired) electrons. The first-order chi connectivity index (χ1) is 8.38. The molecular weight excluding hydrogens is 226 g/mol. The molecule has 0 spiro atoms. The summed E-state index contributed by atoms with van der Waals surface area (Å²) in [5.74, 6) is 2.22. The Bertz CT molecular complexity index is 390. The minimum Gasteiger partial charge on any atom is -0.307 e. The van der Waals surface area contributed by atoms with Gasteiger partial charge in [-0.05, 0) is 42.6 Å².